The lowest BCUT2D eigenvalue weighted by Gasteiger charge is -2.37. The lowest BCUT2D eigenvalue weighted by Crippen LogP contribution is -2.48. The molecule has 6 rings (SSSR count). The fourth-order valence-corrected chi connectivity index (χ4v) is 10.8. The second kappa shape index (κ2) is 11.7. The van der Waals surface area contributed by atoms with Crippen molar-refractivity contribution < 1.29 is 24.2 Å². The number of carbonyl (C=O) groups is 2. The van der Waals surface area contributed by atoms with E-state index < -0.39 is 20.0 Å². The highest BCUT2D eigenvalue weighted by Gasteiger charge is 2.66. The zero-order valence-corrected chi connectivity index (χ0v) is 29.2. The van der Waals surface area contributed by atoms with Gasteiger partial charge in [-0.25, -0.2) is 0 Å². The fourth-order valence-electron chi connectivity index (χ4n) is 7.51. The van der Waals surface area contributed by atoms with E-state index in [2.05, 4.69) is 38.5 Å². The van der Waals surface area contributed by atoms with E-state index in [4.69, 9.17) is 4.74 Å². The van der Waals surface area contributed by atoms with Gasteiger partial charge in [-0.15, -0.1) is 0 Å². The molecule has 0 unspecified atom stereocenters. The largest absolute Gasteiger partial charge is 0.432 e. The van der Waals surface area contributed by atoms with Crippen LogP contribution in [0.4, 0.5) is 5.69 Å². The van der Waals surface area contributed by atoms with Crippen LogP contribution in [0.25, 0.3) is 0 Å². The number of nitrogens with zero attached hydrogens (tertiary/aromatic N) is 2. The summed E-state index contributed by atoms with van der Waals surface area (Å²) in [6, 6.07) is 21.6. The topological polar surface area (TPSA) is 90.3 Å². The van der Waals surface area contributed by atoms with Crippen LogP contribution in [0.3, 0.4) is 0 Å². The molecule has 7 nitrogen and oxygen atoms in total. The van der Waals surface area contributed by atoms with E-state index in [1.807, 2.05) is 86.7 Å². The minimum Gasteiger partial charge on any atom is -0.432 e. The summed E-state index contributed by atoms with van der Waals surface area (Å²) in [4.78, 5) is 43.8. The molecule has 1 spiro atoms. The molecule has 2 amide bonds. The summed E-state index contributed by atoms with van der Waals surface area (Å²) in [5, 5.41) is 10.2. The van der Waals surface area contributed by atoms with E-state index in [1.165, 1.54) is 0 Å². The summed E-state index contributed by atoms with van der Waals surface area (Å²) in [6.07, 6.45) is -0.0405. The molecule has 0 bridgehead atoms. The number of benzene rings is 3. The average Bonchev–Trinajstić information content (AvgIpc) is 3.39. The van der Waals surface area contributed by atoms with Crippen LogP contribution in [0.15, 0.2) is 71.2 Å². The second-order valence-corrected chi connectivity index (χ2v) is 18.7. The van der Waals surface area contributed by atoms with Gasteiger partial charge in [-0.2, -0.15) is 0 Å². The lowest BCUT2D eigenvalue weighted by atomic mass is 9.82. The molecule has 0 aliphatic carbocycles. The minimum absolute atomic E-state index is 0.0279. The third kappa shape index (κ3) is 5.41. The van der Waals surface area contributed by atoms with Crippen molar-refractivity contribution in [3.8, 4) is 0 Å². The zero-order chi connectivity index (χ0) is 30.7. The van der Waals surface area contributed by atoms with Crippen LogP contribution in [-0.2, 0) is 39.4 Å². The first-order valence-corrected chi connectivity index (χ1v) is 19.6. The van der Waals surface area contributed by atoms with Gasteiger partial charge in [-0.05, 0) is 89.1 Å². The van der Waals surface area contributed by atoms with Crippen molar-refractivity contribution in [3.05, 3.63) is 97.0 Å². The molecule has 3 aromatic carbocycles. The summed E-state index contributed by atoms with van der Waals surface area (Å²) < 4.78 is 8.85. The maximum absolute atomic E-state index is 14.6. The molecule has 3 aromatic rings. The number of carbonyl (C=O) groups excluding carboxylic acids is 2. The molecule has 10 heteroatoms. The van der Waals surface area contributed by atoms with Crippen LogP contribution in [0, 0.1) is 9.49 Å². The van der Waals surface area contributed by atoms with Gasteiger partial charge in [0, 0.05) is 31.6 Å². The monoisotopic (exact) mass is 774 g/mol. The smallest absolute Gasteiger partial charge is 0.264 e. The highest BCUT2D eigenvalue weighted by atomic mass is 127. The third-order valence-electron chi connectivity index (χ3n) is 9.46. The summed E-state index contributed by atoms with van der Waals surface area (Å²) in [6.45, 7) is 6.39. The number of halogens is 2. The Hall–Kier alpha value is -2.09. The van der Waals surface area contributed by atoms with Crippen LogP contribution in [0.5, 0.6) is 0 Å². The number of aliphatic hydroxyl groups is 1. The van der Waals surface area contributed by atoms with E-state index in [0.29, 0.717) is 19.5 Å². The van der Waals surface area contributed by atoms with Crippen molar-refractivity contribution in [3.63, 3.8) is 0 Å². The van der Waals surface area contributed by atoms with Gasteiger partial charge in [-0.3, -0.25) is 9.59 Å². The van der Waals surface area contributed by atoms with Crippen LogP contribution < -0.4 is 4.90 Å². The van der Waals surface area contributed by atoms with Gasteiger partial charge in [0.15, 0.2) is 13.9 Å². The standard InChI is InChI=1S/C33H36BrIN2O5Si/c1-20-31(43(2,3)41)29(16-30(39)36-18-23-7-5-4-6-22(23)14-26(36)19-38)42-33(20)27-15-24(34)10-13-28(27)37(32(33)40)17-21-8-11-25(35)12-9-21/h4-13,15,20,26,29,31,38,41H,14,16-19H2,1-3H3/t20-,26+,29+,31-,33+/m1/s1. The van der Waals surface area contributed by atoms with E-state index in [0.717, 1.165) is 36.0 Å². The molecule has 5 atom stereocenters. The van der Waals surface area contributed by atoms with Crippen molar-refractivity contribution in [2.75, 3.05) is 11.5 Å². The molecule has 1 saturated heterocycles. The van der Waals surface area contributed by atoms with E-state index in [1.54, 1.807) is 9.80 Å². The van der Waals surface area contributed by atoms with Gasteiger partial charge < -0.3 is 24.4 Å². The summed E-state index contributed by atoms with van der Waals surface area (Å²) in [7, 11) is -2.94. The van der Waals surface area contributed by atoms with Gasteiger partial charge in [0.05, 0.1) is 37.4 Å². The predicted molar refractivity (Wildman–Crippen MR) is 180 cm³/mol. The second-order valence-electron chi connectivity index (χ2n) is 12.6. The number of anilines is 1. The Bertz CT molecular complexity index is 1560. The normalized spacial score (nSPS) is 26.6. The Morgan fingerprint density at radius 3 is 2.49 bits per heavy atom. The molecule has 1 fully saturated rings. The summed E-state index contributed by atoms with van der Waals surface area (Å²) >= 11 is 5.88. The number of rotatable bonds is 6. The molecule has 3 aliphatic heterocycles. The number of hydrogen-bond acceptors (Lipinski definition) is 5. The Morgan fingerprint density at radius 1 is 1.12 bits per heavy atom. The average molecular weight is 776 g/mol. The zero-order valence-electron chi connectivity index (χ0n) is 24.5. The Balaban J connectivity index is 1.35. The summed E-state index contributed by atoms with van der Waals surface area (Å²) in [5.74, 6) is -0.665. The molecule has 0 aromatic heterocycles. The quantitative estimate of drug-likeness (QED) is 0.247. The van der Waals surface area contributed by atoms with Crippen molar-refractivity contribution in [1.82, 2.24) is 4.90 Å². The number of hydrogen-bond donors (Lipinski definition) is 2. The molecular weight excluding hydrogens is 739 g/mol. The fraction of sp³-hybridized carbons (Fsp3) is 0.394. The Kier molecular flexibility index (Phi) is 8.40. The number of ether oxygens (including phenoxy) is 1. The van der Waals surface area contributed by atoms with Crippen molar-refractivity contribution in [1.29, 1.82) is 0 Å². The first-order chi connectivity index (χ1) is 20.4. The van der Waals surface area contributed by atoms with E-state index >= 15 is 0 Å². The first kappa shape index (κ1) is 30.9. The number of fused-ring (bicyclic) bond motifs is 3. The highest BCUT2D eigenvalue weighted by Crippen LogP contribution is 2.60. The molecule has 43 heavy (non-hydrogen) atoms. The van der Waals surface area contributed by atoms with Gasteiger partial charge in [0.1, 0.15) is 0 Å². The Labute approximate surface area is 275 Å². The van der Waals surface area contributed by atoms with Crippen molar-refractivity contribution in [2.24, 2.45) is 5.92 Å². The van der Waals surface area contributed by atoms with Gasteiger partial charge in [0.2, 0.25) is 5.91 Å². The third-order valence-corrected chi connectivity index (χ3v) is 13.2. The maximum Gasteiger partial charge on any atom is 0.264 e. The van der Waals surface area contributed by atoms with Crippen LogP contribution in [-0.4, -0.2) is 53.7 Å². The molecular formula is C33H36BrIN2O5Si. The van der Waals surface area contributed by atoms with E-state index in [-0.39, 0.29) is 42.3 Å². The number of amides is 2. The molecule has 0 radical (unpaired) electrons. The van der Waals surface area contributed by atoms with Gasteiger partial charge in [-0.1, -0.05) is 59.3 Å². The highest BCUT2D eigenvalue weighted by molar-refractivity contribution is 14.1. The lowest BCUT2D eigenvalue weighted by molar-refractivity contribution is -0.151. The minimum atomic E-state index is -2.94. The van der Waals surface area contributed by atoms with E-state index in [9.17, 15) is 19.5 Å². The van der Waals surface area contributed by atoms with Crippen LogP contribution in [0.2, 0.25) is 18.6 Å². The molecule has 3 heterocycles. The number of aliphatic hydroxyl groups excluding tert-OH is 1. The summed E-state index contributed by atoms with van der Waals surface area (Å²) in [5.41, 5.74) is 3.08. The maximum atomic E-state index is 14.6. The van der Waals surface area contributed by atoms with Gasteiger partial charge in [0.25, 0.3) is 5.91 Å². The molecule has 3 aliphatic rings. The predicted octanol–water partition coefficient (Wildman–Crippen LogP) is 5.73. The molecule has 2 N–H and O–H groups in total. The van der Waals surface area contributed by atoms with Crippen molar-refractivity contribution in [2.45, 2.75) is 69.2 Å². The molecule has 0 saturated carbocycles. The SMILES string of the molecule is C[C@@H]1[C@@H]([Si](C)(C)O)[C@H](CC(=O)N2Cc3ccccc3C[C@H]2CO)O[C@@]12C(=O)N(Cc1ccc(I)cc1)c1ccc(Br)cc12. The van der Waals surface area contributed by atoms with Crippen molar-refractivity contribution >= 4 is 64.3 Å². The first-order valence-electron chi connectivity index (χ1n) is 14.7. The Morgan fingerprint density at radius 2 is 1.81 bits per heavy atom. The van der Waals surface area contributed by atoms with Crippen LogP contribution >= 0.6 is 38.5 Å². The molecule has 226 valence electrons. The van der Waals surface area contributed by atoms with Gasteiger partial charge >= 0.3 is 0 Å². The van der Waals surface area contributed by atoms with Crippen LogP contribution in [0.1, 0.15) is 35.6 Å².